The molecular weight excluding hydrogens is 250 g/mol. The molecular formula is C12H21N3O2S. The van der Waals surface area contributed by atoms with Gasteiger partial charge in [-0.15, -0.1) is 5.10 Å². The number of H-pyrrole nitrogens is 1. The number of aliphatic hydroxyl groups excluding tert-OH is 1. The molecule has 1 heterocycles. The predicted molar refractivity (Wildman–Crippen MR) is 71.9 cm³/mol. The summed E-state index contributed by atoms with van der Waals surface area (Å²) in [5, 5.41) is 17.5. The fourth-order valence-corrected chi connectivity index (χ4v) is 3.59. The molecule has 18 heavy (non-hydrogen) atoms. The lowest BCUT2D eigenvalue weighted by Gasteiger charge is -2.19. The highest BCUT2D eigenvalue weighted by atomic mass is 32.2. The van der Waals surface area contributed by atoms with Gasteiger partial charge in [0.25, 0.3) is 0 Å². The zero-order chi connectivity index (χ0) is 13.0. The van der Waals surface area contributed by atoms with Crippen molar-refractivity contribution in [2.45, 2.75) is 68.5 Å². The molecule has 0 saturated heterocycles. The Morgan fingerprint density at radius 3 is 3.00 bits per heavy atom. The molecule has 0 bridgehead atoms. The maximum absolute atomic E-state index is 11.6. The molecule has 1 aliphatic carbocycles. The Morgan fingerprint density at radius 2 is 2.22 bits per heavy atom. The van der Waals surface area contributed by atoms with Crippen LogP contribution in [0.25, 0.3) is 0 Å². The summed E-state index contributed by atoms with van der Waals surface area (Å²) in [5.74, 6) is 0. The summed E-state index contributed by atoms with van der Waals surface area (Å²) in [5.41, 5.74) is -0.150. The maximum atomic E-state index is 11.6. The van der Waals surface area contributed by atoms with E-state index < -0.39 is 0 Å². The summed E-state index contributed by atoms with van der Waals surface area (Å²) in [4.78, 5) is 11.6. The molecule has 0 aliphatic heterocycles. The highest BCUT2D eigenvalue weighted by molar-refractivity contribution is 7.99. The second kappa shape index (κ2) is 6.43. The van der Waals surface area contributed by atoms with Gasteiger partial charge in [-0.3, -0.25) is 4.57 Å². The number of thioether (sulfide) groups is 1. The van der Waals surface area contributed by atoms with Gasteiger partial charge in [0, 0.05) is 11.8 Å². The van der Waals surface area contributed by atoms with Gasteiger partial charge in [0.15, 0.2) is 5.16 Å². The van der Waals surface area contributed by atoms with Gasteiger partial charge in [0.05, 0.1) is 6.10 Å². The summed E-state index contributed by atoms with van der Waals surface area (Å²) in [6.07, 6.45) is 5.92. The van der Waals surface area contributed by atoms with Crippen molar-refractivity contribution in [3.63, 3.8) is 0 Å². The number of rotatable bonds is 4. The molecule has 1 aromatic heterocycles. The molecule has 5 nitrogen and oxygen atoms in total. The smallest absolute Gasteiger partial charge is 0.343 e. The van der Waals surface area contributed by atoms with Crippen LogP contribution in [0.4, 0.5) is 0 Å². The number of hydrogen-bond donors (Lipinski definition) is 2. The highest BCUT2D eigenvalue weighted by Gasteiger charge is 2.24. The predicted octanol–water partition coefficient (Wildman–Crippen LogP) is 1.77. The first-order chi connectivity index (χ1) is 8.72. The summed E-state index contributed by atoms with van der Waals surface area (Å²) in [7, 11) is 0. The van der Waals surface area contributed by atoms with Crippen LogP contribution in [-0.2, 0) is 6.54 Å². The third-order valence-corrected chi connectivity index (χ3v) is 4.72. The Bertz CT molecular complexity index is 429. The van der Waals surface area contributed by atoms with E-state index in [-0.39, 0.29) is 17.0 Å². The van der Waals surface area contributed by atoms with E-state index in [0.29, 0.717) is 11.7 Å². The first kappa shape index (κ1) is 13.7. The highest BCUT2D eigenvalue weighted by Crippen LogP contribution is 2.31. The largest absolute Gasteiger partial charge is 0.392 e. The molecule has 1 fully saturated rings. The van der Waals surface area contributed by atoms with Crippen molar-refractivity contribution in [2.75, 3.05) is 0 Å². The Labute approximate surface area is 111 Å². The Kier molecular flexibility index (Phi) is 4.88. The van der Waals surface area contributed by atoms with Gasteiger partial charge >= 0.3 is 5.69 Å². The third-order valence-electron chi connectivity index (χ3n) is 3.34. The van der Waals surface area contributed by atoms with Crippen molar-refractivity contribution in [3.8, 4) is 0 Å². The molecule has 0 amide bonds. The average molecular weight is 271 g/mol. The van der Waals surface area contributed by atoms with Crippen LogP contribution in [0.2, 0.25) is 0 Å². The van der Waals surface area contributed by atoms with Crippen LogP contribution in [0.1, 0.15) is 45.4 Å². The maximum Gasteiger partial charge on any atom is 0.343 e. The minimum Gasteiger partial charge on any atom is -0.392 e. The minimum atomic E-state index is -0.278. The lowest BCUT2D eigenvalue weighted by atomic mass is 10.1. The number of hydrogen-bond acceptors (Lipinski definition) is 4. The van der Waals surface area contributed by atoms with Gasteiger partial charge in [-0.05, 0) is 19.3 Å². The van der Waals surface area contributed by atoms with Crippen molar-refractivity contribution < 1.29 is 5.11 Å². The second-order valence-electron chi connectivity index (χ2n) is 4.82. The standard InChI is InChI=1S/C12H21N3O2S/c1-2-8-15-11(17)13-14-12(15)18-10-7-5-3-4-6-9(10)16/h9-10,16H,2-8H2,1H3,(H,13,17). The van der Waals surface area contributed by atoms with E-state index >= 15 is 0 Å². The lowest BCUT2D eigenvalue weighted by molar-refractivity contribution is 0.163. The number of aromatic nitrogens is 3. The zero-order valence-electron chi connectivity index (χ0n) is 10.8. The topological polar surface area (TPSA) is 70.9 Å². The van der Waals surface area contributed by atoms with Gasteiger partial charge in [-0.1, -0.05) is 37.9 Å². The Morgan fingerprint density at radius 1 is 1.44 bits per heavy atom. The van der Waals surface area contributed by atoms with Crippen LogP contribution in [0.3, 0.4) is 0 Å². The van der Waals surface area contributed by atoms with Gasteiger partial charge in [-0.25, -0.2) is 9.89 Å². The van der Waals surface area contributed by atoms with Crippen molar-refractivity contribution in [2.24, 2.45) is 0 Å². The quantitative estimate of drug-likeness (QED) is 0.819. The van der Waals surface area contributed by atoms with Crippen LogP contribution in [0.15, 0.2) is 9.95 Å². The summed E-state index contributed by atoms with van der Waals surface area (Å²) in [6.45, 7) is 2.72. The zero-order valence-corrected chi connectivity index (χ0v) is 11.6. The van der Waals surface area contributed by atoms with Crippen molar-refractivity contribution in [1.29, 1.82) is 0 Å². The van der Waals surface area contributed by atoms with Crippen molar-refractivity contribution in [3.05, 3.63) is 10.5 Å². The van der Waals surface area contributed by atoms with Crippen molar-refractivity contribution in [1.82, 2.24) is 14.8 Å². The molecule has 1 aromatic rings. The van der Waals surface area contributed by atoms with Crippen LogP contribution in [0.5, 0.6) is 0 Å². The number of aliphatic hydroxyl groups is 1. The molecule has 2 rings (SSSR count). The van der Waals surface area contributed by atoms with Crippen LogP contribution in [0, 0.1) is 0 Å². The minimum absolute atomic E-state index is 0.150. The van der Waals surface area contributed by atoms with E-state index in [0.717, 1.165) is 32.1 Å². The van der Waals surface area contributed by atoms with Crippen LogP contribution < -0.4 is 5.69 Å². The summed E-state index contributed by atoms with van der Waals surface area (Å²) in [6, 6.07) is 0. The number of nitrogens with one attached hydrogen (secondary N) is 1. The fourth-order valence-electron chi connectivity index (χ4n) is 2.34. The van der Waals surface area contributed by atoms with Gasteiger partial charge in [0.1, 0.15) is 0 Å². The monoisotopic (exact) mass is 271 g/mol. The SMILES string of the molecule is CCCn1c(SC2CCCCCC2O)n[nH]c1=O. The van der Waals surface area contributed by atoms with Crippen molar-refractivity contribution >= 4 is 11.8 Å². The molecule has 2 unspecified atom stereocenters. The van der Waals surface area contributed by atoms with E-state index in [1.165, 1.54) is 6.42 Å². The summed E-state index contributed by atoms with van der Waals surface area (Å²) < 4.78 is 1.67. The second-order valence-corrected chi connectivity index (χ2v) is 6.03. The first-order valence-electron chi connectivity index (χ1n) is 6.72. The Hall–Kier alpha value is -0.750. The number of aromatic amines is 1. The average Bonchev–Trinajstić information content (AvgIpc) is 2.57. The molecule has 1 aliphatic rings. The molecule has 102 valence electrons. The summed E-state index contributed by atoms with van der Waals surface area (Å²) >= 11 is 1.54. The molecule has 2 N–H and O–H groups in total. The van der Waals surface area contributed by atoms with Gasteiger partial charge < -0.3 is 5.11 Å². The Balaban J connectivity index is 2.09. The first-order valence-corrected chi connectivity index (χ1v) is 7.60. The van der Waals surface area contributed by atoms with Crippen LogP contribution >= 0.6 is 11.8 Å². The molecule has 2 atom stereocenters. The lowest BCUT2D eigenvalue weighted by Crippen LogP contribution is -2.23. The fraction of sp³-hybridized carbons (Fsp3) is 0.833. The van der Waals surface area contributed by atoms with E-state index in [1.54, 1.807) is 16.3 Å². The van der Waals surface area contributed by atoms with Gasteiger partial charge in [0.2, 0.25) is 0 Å². The van der Waals surface area contributed by atoms with E-state index in [9.17, 15) is 9.90 Å². The van der Waals surface area contributed by atoms with E-state index in [1.807, 2.05) is 6.92 Å². The van der Waals surface area contributed by atoms with Crippen LogP contribution in [-0.4, -0.2) is 31.2 Å². The van der Waals surface area contributed by atoms with Gasteiger partial charge in [-0.2, -0.15) is 0 Å². The van der Waals surface area contributed by atoms with E-state index in [4.69, 9.17) is 0 Å². The number of nitrogens with zero attached hydrogens (tertiary/aromatic N) is 2. The molecule has 0 radical (unpaired) electrons. The molecule has 0 spiro atoms. The molecule has 0 aromatic carbocycles. The van der Waals surface area contributed by atoms with E-state index in [2.05, 4.69) is 10.2 Å². The third kappa shape index (κ3) is 3.17. The molecule has 6 heteroatoms. The molecule has 1 saturated carbocycles. The normalized spacial score (nSPS) is 25.0.